The van der Waals surface area contributed by atoms with Crippen LogP contribution in [-0.2, 0) is 9.59 Å². The van der Waals surface area contributed by atoms with Gasteiger partial charge in [-0.05, 0) is 24.1 Å². The predicted molar refractivity (Wildman–Crippen MR) is 88.9 cm³/mol. The van der Waals surface area contributed by atoms with Crippen molar-refractivity contribution in [3.8, 4) is 0 Å². The summed E-state index contributed by atoms with van der Waals surface area (Å²) in [5.41, 5.74) is 5.78. The van der Waals surface area contributed by atoms with E-state index in [-0.39, 0.29) is 23.7 Å². The number of anilines is 1. The first kappa shape index (κ1) is 19.6. The van der Waals surface area contributed by atoms with Crippen molar-refractivity contribution < 1.29 is 18.8 Å². The van der Waals surface area contributed by atoms with Crippen LogP contribution in [0.25, 0.3) is 0 Å². The third-order valence-corrected chi connectivity index (χ3v) is 3.33. The van der Waals surface area contributed by atoms with Crippen LogP contribution in [0.2, 0.25) is 0 Å². The first-order valence-electron chi connectivity index (χ1n) is 7.47. The molecule has 1 aromatic carbocycles. The summed E-state index contributed by atoms with van der Waals surface area (Å²) >= 11 is 0. The predicted octanol–water partition coefficient (Wildman–Crippen LogP) is 0.566. The summed E-state index contributed by atoms with van der Waals surface area (Å²) in [6, 6.07) is 2.98. The molecule has 0 aromatic heterocycles. The summed E-state index contributed by atoms with van der Waals surface area (Å²) in [4.78, 5) is 36.6. The number of rotatable bonds is 6. The number of hydrogen-bond acceptors (Lipinski definition) is 4. The summed E-state index contributed by atoms with van der Waals surface area (Å²) in [7, 11) is 3.00. The molecule has 7 nitrogen and oxygen atoms in total. The number of amides is 3. The van der Waals surface area contributed by atoms with Crippen LogP contribution in [0.3, 0.4) is 0 Å². The molecule has 4 N–H and O–H groups in total. The van der Waals surface area contributed by atoms with Gasteiger partial charge in [-0.15, -0.1) is 0 Å². The van der Waals surface area contributed by atoms with E-state index in [2.05, 4.69) is 10.6 Å². The molecule has 1 aromatic rings. The minimum atomic E-state index is -0.701. The van der Waals surface area contributed by atoms with Crippen LogP contribution in [0, 0.1) is 11.7 Å². The highest BCUT2D eigenvalue weighted by atomic mass is 19.1. The molecule has 0 spiro atoms. The number of benzene rings is 1. The summed E-state index contributed by atoms with van der Waals surface area (Å²) < 4.78 is 13.7. The van der Waals surface area contributed by atoms with Crippen molar-refractivity contribution in [3.05, 3.63) is 29.6 Å². The largest absolute Gasteiger partial charge is 0.346 e. The van der Waals surface area contributed by atoms with Gasteiger partial charge in [0, 0.05) is 19.8 Å². The van der Waals surface area contributed by atoms with Gasteiger partial charge in [0.25, 0.3) is 5.91 Å². The number of hydrogen-bond donors (Lipinski definition) is 3. The zero-order valence-corrected chi connectivity index (χ0v) is 14.2. The lowest BCUT2D eigenvalue weighted by Gasteiger charge is -2.15. The van der Waals surface area contributed by atoms with Crippen molar-refractivity contribution in [2.75, 3.05) is 26.0 Å². The van der Waals surface area contributed by atoms with Crippen LogP contribution in [0.1, 0.15) is 24.2 Å². The Morgan fingerprint density at radius 3 is 2.42 bits per heavy atom. The maximum absolute atomic E-state index is 13.7. The maximum atomic E-state index is 13.7. The zero-order valence-electron chi connectivity index (χ0n) is 14.2. The Labute approximate surface area is 140 Å². The third kappa shape index (κ3) is 5.31. The van der Waals surface area contributed by atoms with E-state index in [0.29, 0.717) is 0 Å². The number of nitrogens with two attached hydrogens (primary N) is 1. The lowest BCUT2D eigenvalue weighted by atomic mass is 10.1. The highest BCUT2D eigenvalue weighted by Gasteiger charge is 2.18. The smallest absolute Gasteiger partial charge is 0.256 e. The van der Waals surface area contributed by atoms with Crippen molar-refractivity contribution in [2.24, 2.45) is 11.7 Å². The Kier molecular flexibility index (Phi) is 6.84. The second-order valence-electron chi connectivity index (χ2n) is 5.93. The van der Waals surface area contributed by atoms with Crippen LogP contribution in [-0.4, -0.2) is 49.3 Å². The fourth-order valence-electron chi connectivity index (χ4n) is 1.80. The van der Waals surface area contributed by atoms with Crippen molar-refractivity contribution in [3.63, 3.8) is 0 Å². The zero-order chi connectivity index (χ0) is 18.4. The average molecular weight is 338 g/mol. The molecule has 132 valence electrons. The van der Waals surface area contributed by atoms with Gasteiger partial charge >= 0.3 is 0 Å². The molecule has 0 aliphatic rings. The topological polar surface area (TPSA) is 105 Å². The molecule has 24 heavy (non-hydrogen) atoms. The normalized spacial score (nSPS) is 11.8. The Morgan fingerprint density at radius 2 is 1.88 bits per heavy atom. The van der Waals surface area contributed by atoms with Crippen LogP contribution in [0.4, 0.5) is 10.1 Å². The fraction of sp³-hybridized carbons (Fsp3) is 0.438. The van der Waals surface area contributed by atoms with Gasteiger partial charge in [-0.1, -0.05) is 13.8 Å². The molecule has 0 saturated carbocycles. The Hall–Kier alpha value is -2.48. The molecular formula is C16H23FN4O3. The molecule has 0 heterocycles. The van der Waals surface area contributed by atoms with Gasteiger partial charge in [-0.25, -0.2) is 4.39 Å². The molecule has 0 saturated heterocycles. The summed E-state index contributed by atoms with van der Waals surface area (Å²) in [6.07, 6.45) is 0. The van der Waals surface area contributed by atoms with Crippen LogP contribution in [0.5, 0.6) is 0 Å². The first-order chi connectivity index (χ1) is 11.1. The summed E-state index contributed by atoms with van der Waals surface area (Å²) in [5, 5.41) is 4.92. The van der Waals surface area contributed by atoms with Gasteiger partial charge in [-0.3, -0.25) is 14.4 Å². The molecule has 1 atom stereocenters. The molecule has 0 aliphatic heterocycles. The van der Waals surface area contributed by atoms with E-state index in [1.165, 1.54) is 31.1 Å². The quantitative estimate of drug-likeness (QED) is 0.705. The second kappa shape index (κ2) is 8.39. The van der Waals surface area contributed by atoms with Crippen molar-refractivity contribution in [2.45, 2.75) is 19.9 Å². The van der Waals surface area contributed by atoms with Gasteiger partial charge < -0.3 is 21.3 Å². The van der Waals surface area contributed by atoms with Gasteiger partial charge in [0.1, 0.15) is 5.82 Å². The molecule has 0 bridgehead atoms. The van der Waals surface area contributed by atoms with Crippen LogP contribution < -0.4 is 16.4 Å². The van der Waals surface area contributed by atoms with Crippen molar-refractivity contribution in [1.82, 2.24) is 10.2 Å². The molecule has 8 heteroatoms. The van der Waals surface area contributed by atoms with Crippen molar-refractivity contribution >= 4 is 23.4 Å². The molecule has 1 rings (SSSR count). The number of nitrogens with one attached hydrogen (secondary N) is 2. The monoisotopic (exact) mass is 338 g/mol. The number of carbonyl (C=O) groups excluding carboxylic acids is 3. The third-order valence-electron chi connectivity index (χ3n) is 3.33. The van der Waals surface area contributed by atoms with Crippen LogP contribution >= 0.6 is 0 Å². The average Bonchev–Trinajstić information content (AvgIpc) is 2.52. The minimum absolute atomic E-state index is 0.0511. The molecule has 0 aliphatic carbocycles. The SMILES string of the molecule is CC(C)[C@H](N)C(=O)NCC(=O)Nc1ccc(F)c(C(=O)N(C)C)c1. The lowest BCUT2D eigenvalue weighted by molar-refractivity contribution is -0.125. The van der Waals surface area contributed by atoms with Crippen LogP contribution in [0.15, 0.2) is 18.2 Å². The van der Waals surface area contributed by atoms with E-state index in [9.17, 15) is 18.8 Å². The lowest BCUT2D eigenvalue weighted by Crippen LogP contribution is -2.46. The highest BCUT2D eigenvalue weighted by Crippen LogP contribution is 2.16. The standard InChI is InChI=1S/C16H23FN4O3/c1-9(2)14(18)15(23)19-8-13(22)20-10-5-6-12(17)11(7-10)16(24)21(3)4/h5-7,9,14H,8,18H2,1-4H3,(H,19,23)(H,20,22)/t14-/m0/s1. The number of carbonyl (C=O) groups is 3. The van der Waals surface area contributed by atoms with Gasteiger partial charge in [-0.2, -0.15) is 0 Å². The Balaban J connectivity index is 2.70. The molecule has 0 unspecified atom stereocenters. The van der Waals surface area contributed by atoms with E-state index in [1.54, 1.807) is 13.8 Å². The summed E-state index contributed by atoms with van der Waals surface area (Å²) in [6.45, 7) is 3.33. The van der Waals surface area contributed by atoms with E-state index >= 15 is 0 Å². The highest BCUT2D eigenvalue weighted by molar-refractivity contribution is 5.98. The van der Waals surface area contributed by atoms with Gasteiger partial charge in [0.05, 0.1) is 18.2 Å². The van der Waals surface area contributed by atoms with E-state index in [1.807, 2.05) is 0 Å². The number of halogens is 1. The Morgan fingerprint density at radius 1 is 1.25 bits per heavy atom. The van der Waals surface area contributed by atoms with Gasteiger partial charge in [0.15, 0.2) is 0 Å². The second-order valence-corrected chi connectivity index (χ2v) is 5.93. The molecule has 0 radical (unpaired) electrons. The summed E-state index contributed by atoms with van der Waals surface area (Å²) in [5.74, 6) is -2.18. The van der Waals surface area contributed by atoms with E-state index in [0.717, 1.165) is 6.07 Å². The fourth-order valence-corrected chi connectivity index (χ4v) is 1.80. The minimum Gasteiger partial charge on any atom is -0.346 e. The molecular weight excluding hydrogens is 315 g/mol. The first-order valence-corrected chi connectivity index (χ1v) is 7.47. The maximum Gasteiger partial charge on any atom is 0.256 e. The number of nitrogens with zero attached hydrogens (tertiary/aromatic N) is 1. The molecule has 3 amide bonds. The van der Waals surface area contributed by atoms with E-state index < -0.39 is 29.6 Å². The van der Waals surface area contributed by atoms with Crippen molar-refractivity contribution in [1.29, 1.82) is 0 Å². The van der Waals surface area contributed by atoms with Gasteiger partial charge in [0.2, 0.25) is 11.8 Å². The molecule has 0 fully saturated rings. The Bertz CT molecular complexity index is 632. The van der Waals surface area contributed by atoms with E-state index in [4.69, 9.17) is 5.73 Å².